The SMILES string of the molecule is CCc1cc(F)cc(C(=O)NC2CCc3nn(-c4ccnc(C(F)(F)F)c4)cc32)c1. The number of hydrogen-bond donors (Lipinski definition) is 1. The minimum atomic E-state index is -4.55. The van der Waals surface area contributed by atoms with Gasteiger partial charge >= 0.3 is 6.18 Å². The highest BCUT2D eigenvalue weighted by atomic mass is 19.4. The van der Waals surface area contributed by atoms with E-state index in [0.717, 1.165) is 23.4 Å². The fourth-order valence-electron chi connectivity index (χ4n) is 3.57. The second-order valence-electron chi connectivity index (χ2n) is 7.14. The lowest BCUT2D eigenvalue weighted by atomic mass is 10.1. The van der Waals surface area contributed by atoms with Gasteiger partial charge in [0.15, 0.2) is 0 Å². The van der Waals surface area contributed by atoms with Gasteiger partial charge in [0, 0.05) is 23.5 Å². The second-order valence-corrected chi connectivity index (χ2v) is 7.14. The van der Waals surface area contributed by atoms with Crippen molar-refractivity contribution >= 4 is 5.91 Å². The van der Waals surface area contributed by atoms with Crippen molar-refractivity contribution in [3.8, 4) is 5.69 Å². The van der Waals surface area contributed by atoms with E-state index in [1.54, 1.807) is 12.3 Å². The molecule has 1 unspecified atom stereocenters. The van der Waals surface area contributed by atoms with Crippen LogP contribution in [-0.2, 0) is 19.0 Å². The second kappa shape index (κ2) is 7.55. The van der Waals surface area contributed by atoms with Crippen LogP contribution in [0.1, 0.15) is 52.3 Å². The molecule has 1 atom stereocenters. The summed E-state index contributed by atoms with van der Waals surface area (Å²) in [6.45, 7) is 1.87. The molecular formula is C21H18F4N4O. The number of benzene rings is 1. The molecule has 4 rings (SSSR count). The van der Waals surface area contributed by atoms with Crippen LogP contribution in [0.4, 0.5) is 17.6 Å². The van der Waals surface area contributed by atoms with Gasteiger partial charge in [0.25, 0.3) is 5.91 Å². The molecule has 0 fully saturated rings. The van der Waals surface area contributed by atoms with Gasteiger partial charge in [0.2, 0.25) is 0 Å². The van der Waals surface area contributed by atoms with E-state index < -0.39 is 23.6 Å². The van der Waals surface area contributed by atoms with Crippen LogP contribution in [0.3, 0.4) is 0 Å². The van der Waals surface area contributed by atoms with Crippen molar-refractivity contribution in [3.63, 3.8) is 0 Å². The first-order valence-corrected chi connectivity index (χ1v) is 9.47. The number of fused-ring (bicyclic) bond motifs is 1. The normalized spacial score (nSPS) is 15.8. The zero-order chi connectivity index (χ0) is 21.5. The Bertz CT molecular complexity index is 1110. The molecule has 1 aliphatic carbocycles. The fraction of sp³-hybridized carbons (Fsp3) is 0.286. The summed E-state index contributed by atoms with van der Waals surface area (Å²) in [5.74, 6) is -0.879. The van der Waals surface area contributed by atoms with Crippen molar-refractivity contribution in [3.05, 3.63) is 76.6 Å². The number of carbonyl (C=O) groups is 1. The Hall–Kier alpha value is -3.23. The van der Waals surface area contributed by atoms with Crippen LogP contribution in [0, 0.1) is 5.82 Å². The average Bonchev–Trinajstić information content (AvgIpc) is 3.29. The number of nitrogens with zero attached hydrogens (tertiary/aromatic N) is 3. The Morgan fingerprint density at radius 3 is 2.80 bits per heavy atom. The monoisotopic (exact) mass is 418 g/mol. The lowest BCUT2D eigenvalue weighted by Gasteiger charge is -2.14. The predicted octanol–water partition coefficient (Wildman–Crippen LogP) is 4.40. The molecule has 2 aromatic heterocycles. The number of nitrogens with one attached hydrogen (secondary N) is 1. The van der Waals surface area contributed by atoms with Crippen molar-refractivity contribution in [1.29, 1.82) is 0 Å². The number of alkyl halides is 3. The van der Waals surface area contributed by atoms with Crippen molar-refractivity contribution < 1.29 is 22.4 Å². The number of hydrogen-bond acceptors (Lipinski definition) is 3. The Kier molecular flexibility index (Phi) is 5.05. The highest BCUT2D eigenvalue weighted by molar-refractivity contribution is 5.94. The topological polar surface area (TPSA) is 59.8 Å². The molecule has 0 saturated heterocycles. The summed E-state index contributed by atoms with van der Waals surface area (Å²) in [5.41, 5.74) is 1.63. The molecule has 9 heteroatoms. The molecule has 156 valence electrons. The molecule has 0 bridgehead atoms. The van der Waals surface area contributed by atoms with Gasteiger partial charge in [0.1, 0.15) is 11.5 Å². The molecule has 1 N–H and O–H groups in total. The van der Waals surface area contributed by atoms with Crippen molar-refractivity contribution in [2.24, 2.45) is 0 Å². The fourth-order valence-corrected chi connectivity index (χ4v) is 3.57. The van der Waals surface area contributed by atoms with Crippen LogP contribution in [0.5, 0.6) is 0 Å². The lowest BCUT2D eigenvalue weighted by molar-refractivity contribution is -0.141. The Morgan fingerprint density at radius 2 is 2.07 bits per heavy atom. The molecule has 0 spiro atoms. The molecule has 1 amide bonds. The summed E-state index contributed by atoms with van der Waals surface area (Å²) in [6, 6.07) is 6.23. The predicted molar refractivity (Wildman–Crippen MR) is 101 cm³/mol. The third-order valence-corrected chi connectivity index (χ3v) is 5.10. The first-order chi connectivity index (χ1) is 14.2. The standard InChI is InChI=1S/C21H18F4N4O/c1-2-12-7-13(9-14(22)8-12)20(30)27-17-3-4-18-16(17)11-29(28-18)15-5-6-26-19(10-15)21(23,24)25/h5-11,17H,2-4H2,1H3,(H,27,30). The number of amides is 1. The van der Waals surface area contributed by atoms with Gasteiger partial charge < -0.3 is 5.32 Å². The first-order valence-electron chi connectivity index (χ1n) is 9.47. The minimum absolute atomic E-state index is 0.231. The Morgan fingerprint density at radius 1 is 1.27 bits per heavy atom. The van der Waals surface area contributed by atoms with E-state index in [-0.39, 0.29) is 17.3 Å². The van der Waals surface area contributed by atoms with E-state index in [2.05, 4.69) is 15.4 Å². The van der Waals surface area contributed by atoms with E-state index >= 15 is 0 Å². The first kappa shape index (κ1) is 20.1. The number of aryl methyl sites for hydroxylation is 2. The summed E-state index contributed by atoms with van der Waals surface area (Å²) in [7, 11) is 0. The highest BCUT2D eigenvalue weighted by Crippen LogP contribution is 2.32. The van der Waals surface area contributed by atoms with E-state index in [1.807, 2.05) is 6.92 Å². The number of rotatable bonds is 4. The summed E-state index contributed by atoms with van der Waals surface area (Å²) in [4.78, 5) is 16.0. The van der Waals surface area contributed by atoms with E-state index in [1.165, 1.54) is 22.9 Å². The third-order valence-electron chi connectivity index (χ3n) is 5.10. The lowest BCUT2D eigenvalue weighted by Crippen LogP contribution is -2.27. The minimum Gasteiger partial charge on any atom is -0.345 e. The van der Waals surface area contributed by atoms with Gasteiger partial charge in [-0.1, -0.05) is 6.92 Å². The van der Waals surface area contributed by atoms with Crippen LogP contribution in [0.25, 0.3) is 5.69 Å². The molecule has 0 radical (unpaired) electrons. The number of aromatic nitrogens is 3. The van der Waals surface area contributed by atoms with Crippen molar-refractivity contribution in [2.45, 2.75) is 38.4 Å². The molecule has 5 nitrogen and oxygen atoms in total. The maximum atomic E-state index is 13.8. The van der Waals surface area contributed by atoms with Crippen LogP contribution < -0.4 is 5.32 Å². The number of carbonyl (C=O) groups excluding carboxylic acids is 1. The zero-order valence-corrected chi connectivity index (χ0v) is 16.0. The Balaban J connectivity index is 1.57. The van der Waals surface area contributed by atoms with Gasteiger partial charge in [-0.2, -0.15) is 18.3 Å². The van der Waals surface area contributed by atoms with Crippen LogP contribution >= 0.6 is 0 Å². The quantitative estimate of drug-likeness (QED) is 0.639. The van der Waals surface area contributed by atoms with E-state index in [0.29, 0.717) is 25.0 Å². The van der Waals surface area contributed by atoms with Crippen LogP contribution in [0.15, 0.2) is 42.7 Å². The smallest absolute Gasteiger partial charge is 0.345 e. The van der Waals surface area contributed by atoms with E-state index in [9.17, 15) is 22.4 Å². The molecule has 0 aliphatic heterocycles. The average molecular weight is 418 g/mol. The van der Waals surface area contributed by atoms with Crippen LogP contribution in [-0.4, -0.2) is 20.7 Å². The third kappa shape index (κ3) is 3.92. The van der Waals surface area contributed by atoms with Crippen molar-refractivity contribution in [2.75, 3.05) is 0 Å². The summed E-state index contributed by atoms with van der Waals surface area (Å²) in [5, 5.41) is 7.25. The van der Waals surface area contributed by atoms with Crippen molar-refractivity contribution in [1.82, 2.24) is 20.1 Å². The summed E-state index contributed by atoms with van der Waals surface area (Å²) >= 11 is 0. The highest BCUT2D eigenvalue weighted by Gasteiger charge is 2.33. The van der Waals surface area contributed by atoms with Gasteiger partial charge in [-0.05, 0) is 55.2 Å². The molecule has 3 aromatic rings. The molecule has 0 saturated carbocycles. The van der Waals surface area contributed by atoms with Gasteiger partial charge in [-0.3, -0.25) is 9.78 Å². The zero-order valence-electron chi connectivity index (χ0n) is 16.0. The maximum Gasteiger partial charge on any atom is 0.433 e. The van der Waals surface area contributed by atoms with E-state index in [4.69, 9.17) is 0 Å². The largest absolute Gasteiger partial charge is 0.433 e. The maximum absolute atomic E-state index is 13.8. The van der Waals surface area contributed by atoms with Gasteiger partial charge in [0.05, 0.1) is 17.4 Å². The molecular weight excluding hydrogens is 400 g/mol. The Labute approximate surface area is 169 Å². The van der Waals surface area contributed by atoms with Gasteiger partial charge in [-0.25, -0.2) is 9.07 Å². The molecule has 2 heterocycles. The van der Waals surface area contributed by atoms with Crippen LogP contribution in [0.2, 0.25) is 0 Å². The number of pyridine rings is 1. The molecule has 1 aromatic carbocycles. The summed E-state index contributed by atoms with van der Waals surface area (Å²) < 4.78 is 53.9. The molecule has 1 aliphatic rings. The summed E-state index contributed by atoms with van der Waals surface area (Å²) in [6.07, 6.45) is -0.0571. The molecule has 30 heavy (non-hydrogen) atoms. The number of halogens is 4. The van der Waals surface area contributed by atoms with Gasteiger partial charge in [-0.15, -0.1) is 0 Å².